The van der Waals surface area contributed by atoms with Crippen LogP contribution < -0.4 is 5.32 Å². The van der Waals surface area contributed by atoms with Crippen molar-refractivity contribution in [3.05, 3.63) is 48.2 Å². The van der Waals surface area contributed by atoms with E-state index in [1.54, 1.807) is 0 Å². The van der Waals surface area contributed by atoms with Gasteiger partial charge in [0.2, 0.25) is 5.91 Å². The van der Waals surface area contributed by atoms with Crippen molar-refractivity contribution in [3.63, 3.8) is 0 Å². The SMILES string of the molecule is Cc1ccc(-c2cc(NC(=O)C3CC3)nc3[nH]ccc23)cc1. The van der Waals surface area contributed by atoms with E-state index < -0.39 is 0 Å². The van der Waals surface area contributed by atoms with Crippen molar-refractivity contribution in [1.82, 2.24) is 9.97 Å². The van der Waals surface area contributed by atoms with Gasteiger partial charge in [-0.1, -0.05) is 29.8 Å². The fraction of sp³-hybridized carbons (Fsp3) is 0.222. The number of carbonyl (C=O) groups is 1. The third kappa shape index (κ3) is 2.37. The highest BCUT2D eigenvalue weighted by atomic mass is 16.2. The number of aromatic nitrogens is 2. The molecule has 110 valence electrons. The Hall–Kier alpha value is -2.62. The van der Waals surface area contributed by atoms with Crippen LogP contribution in [0.25, 0.3) is 22.2 Å². The van der Waals surface area contributed by atoms with Crippen LogP contribution >= 0.6 is 0 Å². The average Bonchev–Trinajstić information content (AvgIpc) is 3.26. The van der Waals surface area contributed by atoms with Crippen LogP contribution in [0.5, 0.6) is 0 Å². The Labute approximate surface area is 128 Å². The van der Waals surface area contributed by atoms with E-state index in [2.05, 4.69) is 46.5 Å². The summed E-state index contributed by atoms with van der Waals surface area (Å²) in [4.78, 5) is 19.6. The van der Waals surface area contributed by atoms with Crippen molar-refractivity contribution in [1.29, 1.82) is 0 Å². The van der Waals surface area contributed by atoms with Crippen LogP contribution in [0.1, 0.15) is 18.4 Å². The summed E-state index contributed by atoms with van der Waals surface area (Å²) >= 11 is 0. The van der Waals surface area contributed by atoms with Gasteiger partial charge in [-0.2, -0.15) is 0 Å². The van der Waals surface area contributed by atoms with Gasteiger partial charge in [0.25, 0.3) is 0 Å². The number of amides is 1. The molecule has 0 aliphatic heterocycles. The van der Waals surface area contributed by atoms with Crippen molar-refractivity contribution in [3.8, 4) is 11.1 Å². The summed E-state index contributed by atoms with van der Waals surface area (Å²) in [5, 5.41) is 4.00. The van der Waals surface area contributed by atoms with Gasteiger partial charge in [0, 0.05) is 17.5 Å². The van der Waals surface area contributed by atoms with Gasteiger partial charge in [0.05, 0.1) is 0 Å². The van der Waals surface area contributed by atoms with E-state index in [0.717, 1.165) is 35.0 Å². The zero-order chi connectivity index (χ0) is 15.1. The molecule has 0 spiro atoms. The number of anilines is 1. The fourth-order valence-corrected chi connectivity index (χ4v) is 2.65. The minimum atomic E-state index is 0.0771. The number of nitrogens with one attached hydrogen (secondary N) is 2. The summed E-state index contributed by atoms with van der Waals surface area (Å²) in [7, 11) is 0. The van der Waals surface area contributed by atoms with E-state index in [9.17, 15) is 4.79 Å². The molecule has 0 saturated heterocycles. The van der Waals surface area contributed by atoms with Crippen molar-refractivity contribution in [2.24, 2.45) is 5.92 Å². The second kappa shape index (κ2) is 4.98. The molecule has 4 nitrogen and oxygen atoms in total. The van der Waals surface area contributed by atoms with Crippen molar-refractivity contribution >= 4 is 22.8 Å². The van der Waals surface area contributed by atoms with Gasteiger partial charge in [-0.25, -0.2) is 4.98 Å². The summed E-state index contributed by atoms with van der Waals surface area (Å²) in [6.07, 6.45) is 3.85. The first-order chi connectivity index (χ1) is 10.7. The molecule has 1 amide bonds. The summed E-state index contributed by atoms with van der Waals surface area (Å²) < 4.78 is 0. The van der Waals surface area contributed by atoms with Gasteiger partial charge in [0.15, 0.2) is 0 Å². The Balaban J connectivity index is 1.79. The summed E-state index contributed by atoms with van der Waals surface area (Å²) in [5.74, 6) is 0.861. The Bertz CT molecular complexity index is 844. The molecule has 0 radical (unpaired) electrons. The predicted molar refractivity (Wildman–Crippen MR) is 87.6 cm³/mol. The maximum atomic E-state index is 12.0. The van der Waals surface area contributed by atoms with Crippen LogP contribution in [0.15, 0.2) is 42.6 Å². The number of hydrogen-bond donors (Lipinski definition) is 2. The smallest absolute Gasteiger partial charge is 0.228 e. The summed E-state index contributed by atoms with van der Waals surface area (Å²) in [5.41, 5.74) is 4.23. The molecule has 4 rings (SSSR count). The lowest BCUT2D eigenvalue weighted by atomic mass is 10.0. The zero-order valence-corrected chi connectivity index (χ0v) is 12.4. The quantitative estimate of drug-likeness (QED) is 0.769. The van der Waals surface area contributed by atoms with Crippen LogP contribution in [-0.4, -0.2) is 15.9 Å². The fourth-order valence-electron chi connectivity index (χ4n) is 2.65. The molecule has 1 aliphatic carbocycles. The molecule has 3 aromatic rings. The maximum Gasteiger partial charge on any atom is 0.228 e. The van der Waals surface area contributed by atoms with E-state index in [-0.39, 0.29) is 11.8 Å². The molecule has 2 N–H and O–H groups in total. The Morgan fingerprint density at radius 1 is 1.23 bits per heavy atom. The van der Waals surface area contributed by atoms with Gasteiger partial charge in [0.1, 0.15) is 11.5 Å². The number of pyridine rings is 1. The number of carbonyl (C=O) groups excluding carboxylic acids is 1. The third-order valence-corrected chi connectivity index (χ3v) is 4.09. The molecule has 4 heteroatoms. The highest BCUT2D eigenvalue weighted by Gasteiger charge is 2.30. The monoisotopic (exact) mass is 291 g/mol. The van der Waals surface area contributed by atoms with Gasteiger partial charge in [-0.05, 0) is 43.0 Å². The van der Waals surface area contributed by atoms with Crippen LogP contribution in [0, 0.1) is 12.8 Å². The molecule has 22 heavy (non-hydrogen) atoms. The first-order valence-corrected chi connectivity index (χ1v) is 7.57. The molecular weight excluding hydrogens is 274 g/mol. The maximum absolute atomic E-state index is 12.0. The Morgan fingerprint density at radius 2 is 2.00 bits per heavy atom. The number of rotatable bonds is 3. The van der Waals surface area contributed by atoms with Gasteiger partial charge in [-0.15, -0.1) is 0 Å². The van der Waals surface area contributed by atoms with E-state index in [1.807, 2.05) is 18.3 Å². The van der Waals surface area contributed by atoms with Crippen LogP contribution in [-0.2, 0) is 4.79 Å². The van der Waals surface area contributed by atoms with Crippen molar-refractivity contribution in [2.45, 2.75) is 19.8 Å². The number of nitrogens with zero attached hydrogens (tertiary/aromatic N) is 1. The van der Waals surface area contributed by atoms with Crippen LogP contribution in [0.4, 0.5) is 5.82 Å². The molecule has 0 atom stereocenters. The first-order valence-electron chi connectivity index (χ1n) is 7.57. The summed E-state index contributed by atoms with van der Waals surface area (Å²) in [6, 6.07) is 12.4. The second-order valence-electron chi connectivity index (χ2n) is 5.92. The Morgan fingerprint density at radius 3 is 2.73 bits per heavy atom. The van der Waals surface area contributed by atoms with Crippen LogP contribution in [0.2, 0.25) is 0 Å². The number of aromatic amines is 1. The molecule has 2 heterocycles. The number of aryl methyl sites for hydroxylation is 1. The first kappa shape index (κ1) is 13.1. The third-order valence-electron chi connectivity index (χ3n) is 4.09. The topological polar surface area (TPSA) is 57.8 Å². The zero-order valence-electron chi connectivity index (χ0n) is 12.4. The number of fused-ring (bicyclic) bond motifs is 1. The molecular formula is C18H17N3O. The highest BCUT2D eigenvalue weighted by molar-refractivity contribution is 5.98. The lowest BCUT2D eigenvalue weighted by molar-refractivity contribution is -0.117. The van der Waals surface area contributed by atoms with Gasteiger partial charge >= 0.3 is 0 Å². The predicted octanol–water partition coefficient (Wildman–Crippen LogP) is 3.89. The lowest BCUT2D eigenvalue weighted by Gasteiger charge is -2.09. The molecule has 1 aromatic carbocycles. The number of H-pyrrole nitrogens is 1. The Kier molecular flexibility index (Phi) is 2.96. The van der Waals surface area contributed by atoms with Crippen molar-refractivity contribution in [2.75, 3.05) is 5.32 Å². The van der Waals surface area contributed by atoms with Crippen LogP contribution in [0.3, 0.4) is 0 Å². The second-order valence-corrected chi connectivity index (χ2v) is 5.92. The van der Waals surface area contributed by atoms with E-state index >= 15 is 0 Å². The molecule has 1 saturated carbocycles. The highest BCUT2D eigenvalue weighted by Crippen LogP contribution is 2.32. The summed E-state index contributed by atoms with van der Waals surface area (Å²) in [6.45, 7) is 2.07. The van der Waals surface area contributed by atoms with E-state index in [4.69, 9.17) is 0 Å². The van der Waals surface area contributed by atoms with Gasteiger partial charge in [-0.3, -0.25) is 4.79 Å². The molecule has 2 aromatic heterocycles. The normalized spacial score (nSPS) is 14.2. The molecule has 0 unspecified atom stereocenters. The molecule has 1 aliphatic rings. The number of benzene rings is 1. The van der Waals surface area contributed by atoms with Crippen molar-refractivity contribution < 1.29 is 4.79 Å². The average molecular weight is 291 g/mol. The molecule has 1 fully saturated rings. The lowest BCUT2D eigenvalue weighted by Crippen LogP contribution is -2.14. The molecule has 0 bridgehead atoms. The van der Waals surface area contributed by atoms with Gasteiger partial charge < -0.3 is 10.3 Å². The largest absolute Gasteiger partial charge is 0.346 e. The van der Waals surface area contributed by atoms with E-state index in [1.165, 1.54) is 5.56 Å². The van der Waals surface area contributed by atoms with E-state index in [0.29, 0.717) is 5.82 Å². The standard InChI is InChI=1S/C18H17N3O/c1-11-2-4-12(5-3-11)15-10-16(21-18(22)13-6-7-13)20-17-14(15)8-9-19-17/h2-5,8-10,13H,6-7H2,1H3,(H2,19,20,21,22). The minimum absolute atomic E-state index is 0.0771. The minimum Gasteiger partial charge on any atom is -0.346 e. The number of hydrogen-bond acceptors (Lipinski definition) is 2.